The zero-order valence-electron chi connectivity index (χ0n) is 9.05. The number of benzene rings is 1. The van der Waals surface area contributed by atoms with Crippen molar-refractivity contribution in [3.8, 4) is 0 Å². The number of carbonyl (C=O) groups is 2. The molecule has 0 unspecified atom stereocenters. The number of hydrogen-bond donors (Lipinski definition) is 2. The van der Waals surface area contributed by atoms with Crippen LogP contribution in [0.3, 0.4) is 0 Å². The first-order valence-corrected chi connectivity index (χ1v) is 4.60. The van der Waals surface area contributed by atoms with Gasteiger partial charge in [-0.15, -0.1) is 0 Å². The molecule has 0 aliphatic rings. The Bertz CT molecular complexity index is 402. The summed E-state index contributed by atoms with van der Waals surface area (Å²) in [6, 6.07) is 3.87. The molecule has 4 heteroatoms. The van der Waals surface area contributed by atoms with E-state index < -0.39 is 11.8 Å². The Balaban J connectivity index is 3.05. The fourth-order valence-electron chi connectivity index (χ4n) is 1.55. The molecule has 0 spiro atoms. The van der Waals surface area contributed by atoms with E-state index in [9.17, 15) is 9.59 Å². The summed E-state index contributed by atoms with van der Waals surface area (Å²) in [7, 11) is 0. The van der Waals surface area contributed by atoms with E-state index >= 15 is 0 Å². The largest absolute Gasteiger partial charge is 0.361 e. The van der Waals surface area contributed by atoms with Gasteiger partial charge in [0.1, 0.15) is 0 Å². The maximum Gasteiger partial charge on any atom is 0.313 e. The molecule has 0 aliphatic carbocycles. The molecule has 1 aromatic rings. The fourth-order valence-corrected chi connectivity index (χ4v) is 1.55. The van der Waals surface area contributed by atoms with Gasteiger partial charge in [-0.3, -0.25) is 9.59 Å². The second kappa shape index (κ2) is 4.13. The van der Waals surface area contributed by atoms with Crippen LogP contribution in [0.1, 0.15) is 16.7 Å². The third kappa shape index (κ3) is 2.56. The van der Waals surface area contributed by atoms with Crippen molar-refractivity contribution in [2.75, 3.05) is 5.32 Å². The van der Waals surface area contributed by atoms with Crippen LogP contribution in [0.15, 0.2) is 12.1 Å². The van der Waals surface area contributed by atoms with Crippen LogP contribution in [0.2, 0.25) is 0 Å². The van der Waals surface area contributed by atoms with Gasteiger partial charge in [-0.1, -0.05) is 17.7 Å². The van der Waals surface area contributed by atoms with Gasteiger partial charge in [0.2, 0.25) is 0 Å². The number of amides is 2. The molecular formula is C11H14N2O2. The van der Waals surface area contributed by atoms with E-state index in [1.807, 2.05) is 32.9 Å². The molecule has 0 saturated heterocycles. The van der Waals surface area contributed by atoms with E-state index in [0.717, 1.165) is 16.7 Å². The van der Waals surface area contributed by atoms with Gasteiger partial charge < -0.3 is 11.1 Å². The molecular weight excluding hydrogens is 192 g/mol. The van der Waals surface area contributed by atoms with Crippen LogP contribution in [0.5, 0.6) is 0 Å². The second-order valence-electron chi connectivity index (χ2n) is 3.59. The minimum Gasteiger partial charge on any atom is -0.361 e. The summed E-state index contributed by atoms with van der Waals surface area (Å²) in [5.74, 6) is -1.76. The van der Waals surface area contributed by atoms with Crippen LogP contribution in [0.25, 0.3) is 0 Å². The number of primary amides is 1. The predicted molar refractivity (Wildman–Crippen MR) is 58.5 cm³/mol. The predicted octanol–water partition coefficient (Wildman–Crippen LogP) is 1.04. The number of anilines is 1. The van der Waals surface area contributed by atoms with Crippen molar-refractivity contribution < 1.29 is 9.59 Å². The fraction of sp³-hybridized carbons (Fsp3) is 0.273. The zero-order valence-corrected chi connectivity index (χ0v) is 9.05. The number of hydrogen-bond acceptors (Lipinski definition) is 2. The zero-order chi connectivity index (χ0) is 11.6. The first kappa shape index (κ1) is 11.2. The molecule has 0 bridgehead atoms. The highest BCUT2D eigenvalue weighted by molar-refractivity contribution is 6.39. The van der Waals surface area contributed by atoms with Gasteiger partial charge in [-0.05, 0) is 31.9 Å². The second-order valence-corrected chi connectivity index (χ2v) is 3.59. The summed E-state index contributed by atoms with van der Waals surface area (Å²) in [5.41, 5.74) is 8.47. The molecule has 0 aromatic heterocycles. The molecule has 1 rings (SSSR count). The first-order valence-electron chi connectivity index (χ1n) is 4.60. The first-order chi connectivity index (χ1) is 6.91. The molecule has 0 radical (unpaired) electrons. The van der Waals surface area contributed by atoms with Gasteiger partial charge in [0, 0.05) is 5.69 Å². The van der Waals surface area contributed by atoms with Crippen LogP contribution in [-0.4, -0.2) is 11.8 Å². The third-order valence-electron chi connectivity index (χ3n) is 2.14. The van der Waals surface area contributed by atoms with Gasteiger partial charge >= 0.3 is 11.8 Å². The summed E-state index contributed by atoms with van der Waals surface area (Å²) in [6.07, 6.45) is 0. The van der Waals surface area contributed by atoms with E-state index in [-0.39, 0.29) is 0 Å². The minimum atomic E-state index is -0.977. The standard InChI is InChI=1S/C11H14N2O2/c1-6-4-7(2)9(8(3)5-6)13-11(15)10(12)14/h4-5H,1-3H3,(H2,12,14)(H,13,15). The summed E-state index contributed by atoms with van der Waals surface area (Å²) in [5, 5.41) is 2.49. The molecule has 3 N–H and O–H groups in total. The Kier molecular flexibility index (Phi) is 3.09. The van der Waals surface area contributed by atoms with Crippen LogP contribution in [0, 0.1) is 20.8 Å². The molecule has 0 heterocycles. The van der Waals surface area contributed by atoms with Crippen molar-refractivity contribution in [2.24, 2.45) is 5.73 Å². The highest BCUT2D eigenvalue weighted by Gasteiger charge is 2.12. The third-order valence-corrected chi connectivity index (χ3v) is 2.14. The van der Waals surface area contributed by atoms with Crippen LogP contribution in [0.4, 0.5) is 5.69 Å². The lowest BCUT2D eigenvalue weighted by atomic mass is 10.1. The number of nitrogens with two attached hydrogens (primary N) is 1. The Morgan fingerprint density at radius 3 is 2.00 bits per heavy atom. The van der Waals surface area contributed by atoms with Gasteiger partial charge in [0.05, 0.1) is 0 Å². The molecule has 0 fully saturated rings. The Hall–Kier alpha value is -1.84. The SMILES string of the molecule is Cc1cc(C)c(NC(=O)C(N)=O)c(C)c1. The molecule has 0 saturated carbocycles. The Labute approximate surface area is 88.5 Å². The van der Waals surface area contributed by atoms with Crippen LogP contribution < -0.4 is 11.1 Å². The molecule has 80 valence electrons. The average Bonchev–Trinajstić information content (AvgIpc) is 2.10. The normalized spacial score (nSPS) is 9.80. The van der Waals surface area contributed by atoms with Crippen molar-refractivity contribution in [3.05, 3.63) is 28.8 Å². The number of nitrogens with one attached hydrogen (secondary N) is 1. The molecule has 0 aliphatic heterocycles. The number of aryl methyl sites for hydroxylation is 3. The highest BCUT2D eigenvalue weighted by atomic mass is 16.2. The summed E-state index contributed by atoms with van der Waals surface area (Å²) in [4.78, 5) is 21.7. The van der Waals surface area contributed by atoms with Gasteiger partial charge in [0.25, 0.3) is 0 Å². The van der Waals surface area contributed by atoms with E-state index in [2.05, 4.69) is 5.32 Å². The van der Waals surface area contributed by atoms with Crippen molar-refractivity contribution in [1.29, 1.82) is 0 Å². The smallest absolute Gasteiger partial charge is 0.313 e. The summed E-state index contributed by atoms with van der Waals surface area (Å²) >= 11 is 0. The van der Waals surface area contributed by atoms with Gasteiger partial charge in [0.15, 0.2) is 0 Å². The molecule has 1 aromatic carbocycles. The lowest BCUT2D eigenvalue weighted by Gasteiger charge is -2.11. The lowest BCUT2D eigenvalue weighted by molar-refractivity contribution is -0.134. The maximum atomic E-state index is 11.1. The molecule has 4 nitrogen and oxygen atoms in total. The van der Waals surface area contributed by atoms with Gasteiger partial charge in [-0.2, -0.15) is 0 Å². The van der Waals surface area contributed by atoms with E-state index in [4.69, 9.17) is 5.73 Å². The Morgan fingerprint density at radius 1 is 1.13 bits per heavy atom. The molecule has 0 atom stereocenters. The lowest BCUT2D eigenvalue weighted by Crippen LogP contribution is -2.30. The van der Waals surface area contributed by atoms with Gasteiger partial charge in [-0.25, -0.2) is 0 Å². The number of carbonyl (C=O) groups excluding carboxylic acids is 2. The molecule has 2 amide bonds. The van der Waals surface area contributed by atoms with Crippen molar-refractivity contribution >= 4 is 17.5 Å². The van der Waals surface area contributed by atoms with Crippen molar-refractivity contribution in [2.45, 2.75) is 20.8 Å². The average molecular weight is 206 g/mol. The van der Waals surface area contributed by atoms with Crippen LogP contribution >= 0.6 is 0 Å². The summed E-state index contributed by atoms with van der Waals surface area (Å²) < 4.78 is 0. The quantitative estimate of drug-likeness (QED) is 0.674. The monoisotopic (exact) mass is 206 g/mol. The summed E-state index contributed by atoms with van der Waals surface area (Å²) in [6.45, 7) is 5.72. The van der Waals surface area contributed by atoms with E-state index in [1.54, 1.807) is 0 Å². The van der Waals surface area contributed by atoms with E-state index in [1.165, 1.54) is 0 Å². The van der Waals surface area contributed by atoms with E-state index in [0.29, 0.717) is 5.69 Å². The van der Waals surface area contributed by atoms with Crippen molar-refractivity contribution in [3.63, 3.8) is 0 Å². The number of rotatable bonds is 1. The molecule has 15 heavy (non-hydrogen) atoms. The van der Waals surface area contributed by atoms with Crippen molar-refractivity contribution in [1.82, 2.24) is 0 Å². The Morgan fingerprint density at radius 2 is 1.60 bits per heavy atom. The van der Waals surface area contributed by atoms with Crippen LogP contribution in [-0.2, 0) is 9.59 Å². The topological polar surface area (TPSA) is 72.2 Å². The minimum absolute atomic E-state index is 0.657. The highest BCUT2D eigenvalue weighted by Crippen LogP contribution is 2.21. The maximum absolute atomic E-state index is 11.1.